The molecule has 1 aromatic carbocycles. The lowest BCUT2D eigenvalue weighted by Crippen LogP contribution is -2.37. The predicted octanol–water partition coefficient (Wildman–Crippen LogP) is 3.60. The van der Waals surface area contributed by atoms with E-state index in [2.05, 4.69) is 68.3 Å². The minimum absolute atomic E-state index is 0. The van der Waals surface area contributed by atoms with Crippen molar-refractivity contribution in [3.8, 4) is 0 Å². The van der Waals surface area contributed by atoms with Crippen LogP contribution in [0.3, 0.4) is 0 Å². The summed E-state index contributed by atoms with van der Waals surface area (Å²) < 4.78 is 0. The lowest BCUT2D eigenvalue weighted by atomic mass is 9.79. The molecule has 0 radical (unpaired) electrons. The van der Waals surface area contributed by atoms with E-state index in [0.29, 0.717) is 0 Å². The molecule has 1 fully saturated rings. The van der Waals surface area contributed by atoms with Crippen molar-refractivity contribution >= 4 is 29.9 Å². The molecular weight excluding hydrogens is 373 g/mol. The van der Waals surface area contributed by atoms with Crippen molar-refractivity contribution in [3.05, 3.63) is 35.9 Å². The third-order valence-electron chi connectivity index (χ3n) is 4.27. The summed E-state index contributed by atoms with van der Waals surface area (Å²) in [5.41, 5.74) is 1.71. The van der Waals surface area contributed by atoms with Crippen LogP contribution in [0.2, 0.25) is 0 Å². The second-order valence-electron chi connectivity index (χ2n) is 6.26. The molecule has 1 aliphatic rings. The zero-order valence-corrected chi connectivity index (χ0v) is 16.0. The van der Waals surface area contributed by atoms with Gasteiger partial charge in [0.25, 0.3) is 0 Å². The van der Waals surface area contributed by atoms with Crippen LogP contribution in [0, 0.1) is 0 Å². The van der Waals surface area contributed by atoms with E-state index in [4.69, 9.17) is 4.99 Å². The Balaban J connectivity index is 0.00000220. The molecule has 0 aromatic heterocycles. The highest BCUT2D eigenvalue weighted by Crippen LogP contribution is 2.41. The summed E-state index contributed by atoms with van der Waals surface area (Å²) in [6.45, 7) is 0.892. The van der Waals surface area contributed by atoms with Crippen LogP contribution in [0.5, 0.6) is 0 Å². The number of hydrogen-bond donors (Lipinski definition) is 0. The molecular formula is C17H28IN3. The fourth-order valence-electron chi connectivity index (χ4n) is 3.29. The summed E-state index contributed by atoms with van der Waals surface area (Å²) >= 11 is 0. The molecule has 1 aromatic rings. The largest absolute Gasteiger partial charge is 0.349 e. The Hall–Kier alpha value is -0.780. The minimum atomic E-state index is 0. The Morgan fingerprint density at radius 3 is 2.00 bits per heavy atom. The lowest BCUT2D eigenvalue weighted by molar-refractivity contribution is 0.432. The number of hydrogen-bond acceptors (Lipinski definition) is 1. The Morgan fingerprint density at radius 2 is 1.52 bits per heavy atom. The highest BCUT2D eigenvalue weighted by molar-refractivity contribution is 14.0. The lowest BCUT2D eigenvalue weighted by Gasteiger charge is -2.30. The molecule has 0 amide bonds. The number of benzene rings is 1. The topological polar surface area (TPSA) is 18.8 Å². The molecule has 0 aliphatic heterocycles. The first-order valence-electron chi connectivity index (χ1n) is 7.50. The molecule has 1 saturated carbocycles. The quantitative estimate of drug-likeness (QED) is 0.438. The Labute approximate surface area is 146 Å². The molecule has 0 N–H and O–H groups in total. The van der Waals surface area contributed by atoms with Crippen molar-refractivity contribution in [2.45, 2.75) is 31.1 Å². The number of aliphatic imine (C=N–C) groups is 1. The van der Waals surface area contributed by atoms with E-state index in [9.17, 15) is 0 Å². The fraction of sp³-hybridized carbons (Fsp3) is 0.588. The molecule has 118 valence electrons. The third kappa shape index (κ3) is 4.34. The van der Waals surface area contributed by atoms with Gasteiger partial charge in [0.2, 0.25) is 0 Å². The molecule has 0 heterocycles. The van der Waals surface area contributed by atoms with Crippen molar-refractivity contribution in [2.75, 3.05) is 34.7 Å². The first kappa shape index (κ1) is 18.3. The van der Waals surface area contributed by atoms with Gasteiger partial charge in [0, 0.05) is 33.6 Å². The maximum Gasteiger partial charge on any atom is 0.195 e. The van der Waals surface area contributed by atoms with E-state index < -0.39 is 0 Å². The molecule has 0 saturated heterocycles. The summed E-state index contributed by atoms with van der Waals surface area (Å²) in [5, 5.41) is 0. The molecule has 1 aliphatic carbocycles. The van der Waals surface area contributed by atoms with Gasteiger partial charge in [0.15, 0.2) is 5.96 Å². The summed E-state index contributed by atoms with van der Waals surface area (Å²) in [6.07, 6.45) is 5.16. The summed E-state index contributed by atoms with van der Waals surface area (Å²) in [5.74, 6) is 1.05. The molecule has 0 spiro atoms. The molecule has 21 heavy (non-hydrogen) atoms. The molecule has 0 unspecified atom stereocenters. The monoisotopic (exact) mass is 401 g/mol. The van der Waals surface area contributed by atoms with Crippen LogP contribution in [0.25, 0.3) is 0 Å². The first-order chi connectivity index (χ1) is 9.55. The van der Waals surface area contributed by atoms with E-state index in [-0.39, 0.29) is 29.4 Å². The van der Waals surface area contributed by atoms with Gasteiger partial charge in [-0.15, -0.1) is 24.0 Å². The second-order valence-corrected chi connectivity index (χ2v) is 6.26. The van der Waals surface area contributed by atoms with Gasteiger partial charge in [0.1, 0.15) is 0 Å². The number of rotatable bonds is 3. The van der Waals surface area contributed by atoms with Crippen LogP contribution >= 0.6 is 24.0 Å². The summed E-state index contributed by atoms with van der Waals surface area (Å²) in [7, 11) is 8.23. The zero-order chi connectivity index (χ0) is 14.6. The van der Waals surface area contributed by atoms with E-state index in [1.165, 1.54) is 31.2 Å². The van der Waals surface area contributed by atoms with Crippen molar-refractivity contribution in [1.82, 2.24) is 9.80 Å². The van der Waals surface area contributed by atoms with Gasteiger partial charge in [-0.3, -0.25) is 4.99 Å². The fourth-order valence-corrected chi connectivity index (χ4v) is 3.29. The third-order valence-corrected chi connectivity index (χ3v) is 4.27. The van der Waals surface area contributed by atoms with E-state index in [0.717, 1.165) is 12.5 Å². The van der Waals surface area contributed by atoms with E-state index in [1.807, 2.05) is 0 Å². The standard InChI is InChI=1S/C17H27N3.HI/c1-19(2)16(20(3)4)18-14-17(12-8-9-13-17)15-10-6-5-7-11-15;/h5-7,10-11H,8-9,12-14H2,1-4H3;1H. The van der Waals surface area contributed by atoms with Crippen LogP contribution in [-0.4, -0.2) is 50.5 Å². The van der Waals surface area contributed by atoms with Crippen molar-refractivity contribution in [3.63, 3.8) is 0 Å². The van der Waals surface area contributed by atoms with Crippen LogP contribution in [0.1, 0.15) is 31.2 Å². The second kappa shape index (κ2) is 8.01. The molecule has 0 bridgehead atoms. The van der Waals surface area contributed by atoms with Gasteiger partial charge >= 0.3 is 0 Å². The summed E-state index contributed by atoms with van der Waals surface area (Å²) in [4.78, 5) is 9.10. The normalized spacial score (nSPS) is 16.0. The molecule has 0 atom stereocenters. The van der Waals surface area contributed by atoms with Gasteiger partial charge in [-0.25, -0.2) is 0 Å². The highest BCUT2D eigenvalue weighted by atomic mass is 127. The van der Waals surface area contributed by atoms with Crippen LogP contribution in [-0.2, 0) is 5.41 Å². The minimum Gasteiger partial charge on any atom is -0.349 e. The van der Waals surface area contributed by atoms with Gasteiger partial charge < -0.3 is 9.80 Å². The van der Waals surface area contributed by atoms with Crippen LogP contribution in [0.4, 0.5) is 0 Å². The number of nitrogens with zero attached hydrogens (tertiary/aromatic N) is 3. The molecule has 2 rings (SSSR count). The average molecular weight is 401 g/mol. The SMILES string of the molecule is CN(C)C(=NCC1(c2ccccc2)CCCC1)N(C)C.I. The van der Waals surface area contributed by atoms with Crippen molar-refractivity contribution in [1.29, 1.82) is 0 Å². The molecule has 3 nitrogen and oxygen atoms in total. The first-order valence-corrected chi connectivity index (χ1v) is 7.50. The Bertz CT molecular complexity index is 438. The van der Waals surface area contributed by atoms with Gasteiger partial charge in [-0.2, -0.15) is 0 Å². The molecule has 4 heteroatoms. The van der Waals surface area contributed by atoms with E-state index >= 15 is 0 Å². The van der Waals surface area contributed by atoms with Gasteiger partial charge in [-0.1, -0.05) is 43.2 Å². The Kier molecular flexibility index (Phi) is 6.97. The van der Waals surface area contributed by atoms with Crippen LogP contribution in [0.15, 0.2) is 35.3 Å². The van der Waals surface area contributed by atoms with Crippen molar-refractivity contribution in [2.24, 2.45) is 4.99 Å². The smallest absolute Gasteiger partial charge is 0.195 e. The number of guanidine groups is 1. The van der Waals surface area contributed by atoms with Crippen molar-refractivity contribution < 1.29 is 0 Å². The van der Waals surface area contributed by atoms with Crippen LogP contribution < -0.4 is 0 Å². The van der Waals surface area contributed by atoms with Gasteiger partial charge in [-0.05, 0) is 18.4 Å². The number of halogens is 1. The maximum atomic E-state index is 4.92. The highest BCUT2D eigenvalue weighted by Gasteiger charge is 2.35. The summed E-state index contributed by atoms with van der Waals surface area (Å²) in [6, 6.07) is 10.9. The predicted molar refractivity (Wildman–Crippen MR) is 102 cm³/mol. The maximum absolute atomic E-state index is 4.92. The van der Waals surface area contributed by atoms with Gasteiger partial charge in [0.05, 0.1) is 6.54 Å². The Morgan fingerprint density at radius 1 is 1.00 bits per heavy atom. The zero-order valence-electron chi connectivity index (χ0n) is 13.7. The average Bonchev–Trinajstić information content (AvgIpc) is 2.89. The van der Waals surface area contributed by atoms with E-state index in [1.54, 1.807) is 0 Å².